The van der Waals surface area contributed by atoms with E-state index < -0.39 is 0 Å². The van der Waals surface area contributed by atoms with E-state index in [9.17, 15) is 0 Å². The lowest BCUT2D eigenvalue weighted by Gasteiger charge is -2.34. The summed E-state index contributed by atoms with van der Waals surface area (Å²) < 4.78 is 0. The molecule has 0 aromatic heterocycles. The zero-order valence-electron chi connectivity index (χ0n) is 9.91. The van der Waals surface area contributed by atoms with Crippen LogP contribution in [-0.4, -0.2) is 13.1 Å². The summed E-state index contributed by atoms with van der Waals surface area (Å²) in [6, 6.07) is 9.03. The molecule has 0 spiro atoms. The fourth-order valence-corrected chi connectivity index (χ4v) is 3.44. The number of fused-ring (bicyclic) bond motifs is 1. The number of hydrogen-bond acceptors (Lipinski definition) is 1. The first kappa shape index (κ1) is 10.3. The van der Waals surface area contributed by atoms with Crippen LogP contribution in [0.4, 0.5) is 0 Å². The van der Waals surface area contributed by atoms with Gasteiger partial charge in [-0.1, -0.05) is 24.3 Å². The predicted molar refractivity (Wildman–Crippen MR) is 67.6 cm³/mol. The average molecular weight is 215 g/mol. The van der Waals surface area contributed by atoms with Crippen LogP contribution in [0.25, 0.3) is 0 Å². The van der Waals surface area contributed by atoms with Crippen LogP contribution in [0.5, 0.6) is 0 Å². The number of piperidine rings is 1. The molecule has 1 saturated heterocycles. The van der Waals surface area contributed by atoms with Crippen molar-refractivity contribution in [2.24, 2.45) is 11.8 Å². The van der Waals surface area contributed by atoms with Crippen molar-refractivity contribution in [2.45, 2.75) is 32.1 Å². The molecule has 1 nitrogen and oxygen atoms in total. The van der Waals surface area contributed by atoms with Crippen LogP contribution in [0.15, 0.2) is 24.3 Å². The summed E-state index contributed by atoms with van der Waals surface area (Å²) in [4.78, 5) is 0. The largest absolute Gasteiger partial charge is 0.317 e. The van der Waals surface area contributed by atoms with Gasteiger partial charge >= 0.3 is 0 Å². The van der Waals surface area contributed by atoms with Gasteiger partial charge in [-0.3, -0.25) is 0 Å². The molecule has 1 aliphatic heterocycles. The van der Waals surface area contributed by atoms with Gasteiger partial charge in [-0.15, -0.1) is 0 Å². The van der Waals surface area contributed by atoms with Crippen LogP contribution < -0.4 is 5.32 Å². The molecule has 86 valence electrons. The maximum atomic E-state index is 3.47. The third kappa shape index (κ3) is 2.01. The highest BCUT2D eigenvalue weighted by Crippen LogP contribution is 2.33. The van der Waals surface area contributed by atoms with Gasteiger partial charge in [0.2, 0.25) is 0 Å². The second-order valence-electron chi connectivity index (χ2n) is 5.36. The van der Waals surface area contributed by atoms with Gasteiger partial charge in [0.1, 0.15) is 0 Å². The molecule has 0 bridgehead atoms. The summed E-state index contributed by atoms with van der Waals surface area (Å²) in [5, 5.41) is 3.47. The van der Waals surface area contributed by atoms with Crippen LogP contribution >= 0.6 is 0 Å². The molecular formula is C15H21N. The molecule has 0 saturated carbocycles. The molecule has 1 heterocycles. The third-order valence-electron chi connectivity index (χ3n) is 4.44. The number of benzene rings is 1. The summed E-state index contributed by atoms with van der Waals surface area (Å²) >= 11 is 0. The summed E-state index contributed by atoms with van der Waals surface area (Å²) in [6.07, 6.45) is 6.85. The molecule has 0 radical (unpaired) electrons. The zero-order chi connectivity index (χ0) is 10.8. The Labute approximate surface area is 98.3 Å². The highest BCUT2D eigenvalue weighted by atomic mass is 14.9. The van der Waals surface area contributed by atoms with Crippen molar-refractivity contribution < 1.29 is 0 Å². The highest BCUT2D eigenvalue weighted by Gasteiger charge is 2.26. The van der Waals surface area contributed by atoms with Crippen molar-refractivity contribution >= 4 is 0 Å². The molecule has 1 N–H and O–H groups in total. The Hall–Kier alpha value is -0.820. The van der Waals surface area contributed by atoms with Crippen molar-refractivity contribution in [1.82, 2.24) is 5.32 Å². The van der Waals surface area contributed by atoms with E-state index in [2.05, 4.69) is 29.6 Å². The fraction of sp³-hybridized carbons (Fsp3) is 0.600. The van der Waals surface area contributed by atoms with Crippen LogP contribution in [0.2, 0.25) is 0 Å². The van der Waals surface area contributed by atoms with Gasteiger partial charge in [0.05, 0.1) is 0 Å². The standard InChI is InChI=1S/C15H21N/c1-2-4-14-11-15(6-5-12(14)3-1)13-7-9-16-10-8-13/h1-4,13,15-16H,5-11H2. The normalized spacial score (nSPS) is 26.4. The van der Waals surface area contributed by atoms with Gasteiger partial charge in [0, 0.05) is 0 Å². The van der Waals surface area contributed by atoms with E-state index in [1.807, 2.05) is 0 Å². The van der Waals surface area contributed by atoms with E-state index in [1.165, 1.54) is 45.2 Å². The van der Waals surface area contributed by atoms with Crippen molar-refractivity contribution in [1.29, 1.82) is 0 Å². The topological polar surface area (TPSA) is 12.0 Å². The number of nitrogens with one attached hydrogen (secondary N) is 1. The second-order valence-corrected chi connectivity index (χ2v) is 5.36. The molecule has 0 amide bonds. The van der Waals surface area contributed by atoms with Gasteiger partial charge < -0.3 is 5.32 Å². The lowest BCUT2D eigenvalue weighted by atomic mass is 9.74. The molecular weight excluding hydrogens is 194 g/mol. The van der Waals surface area contributed by atoms with E-state index >= 15 is 0 Å². The molecule has 16 heavy (non-hydrogen) atoms. The quantitative estimate of drug-likeness (QED) is 0.759. The lowest BCUT2D eigenvalue weighted by molar-refractivity contribution is 0.237. The summed E-state index contributed by atoms with van der Waals surface area (Å²) in [7, 11) is 0. The molecule has 1 aliphatic carbocycles. The number of hydrogen-bond donors (Lipinski definition) is 1. The molecule has 1 aromatic rings. The molecule has 1 heteroatoms. The fourth-order valence-electron chi connectivity index (χ4n) is 3.44. The lowest BCUT2D eigenvalue weighted by Crippen LogP contribution is -2.33. The Morgan fingerprint density at radius 2 is 1.62 bits per heavy atom. The molecule has 1 atom stereocenters. The Bertz CT molecular complexity index is 352. The van der Waals surface area contributed by atoms with Crippen molar-refractivity contribution in [2.75, 3.05) is 13.1 Å². The van der Waals surface area contributed by atoms with Crippen LogP contribution in [0.1, 0.15) is 30.4 Å². The van der Waals surface area contributed by atoms with Crippen molar-refractivity contribution in [3.05, 3.63) is 35.4 Å². The Morgan fingerprint density at radius 1 is 0.875 bits per heavy atom. The monoisotopic (exact) mass is 215 g/mol. The first-order valence-electron chi connectivity index (χ1n) is 6.71. The number of aryl methyl sites for hydroxylation is 1. The van der Waals surface area contributed by atoms with Gasteiger partial charge in [-0.25, -0.2) is 0 Å². The zero-order valence-corrected chi connectivity index (χ0v) is 9.91. The van der Waals surface area contributed by atoms with E-state index in [0.29, 0.717) is 0 Å². The van der Waals surface area contributed by atoms with E-state index in [-0.39, 0.29) is 0 Å². The average Bonchev–Trinajstić information content (AvgIpc) is 2.39. The van der Waals surface area contributed by atoms with Gasteiger partial charge in [0.25, 0.3) is 0 Å². The van der Waals surface area contributed by atoms with Gasteiger partial charge in [-0.05, 0) is 68.2 Å². The van der Waals surface area contributed by atoms with E-state index in [4.69, 9.17) is 0 Å². The minimum absolute atomic E-state index is 0.956. The smallest absolute Gasteiger partial charge is 0.00462 e. The first-order valence-corrected chi connectivity index (χ1v) is 6.71. The molecule has 2 aliphatic rings. The Balaban J connectivity index is 1.72. The highest BCUT2D eigenvalue weighted by molar-refractivity contribution is 5.29. The van der Waals surface area contributed by atoms with Crippen molar-refractivity contribution in [3.8, 4) is 0 Å². The van der Waals surface area contributed by atoms with Crippen LogP contribution in [-0.2, 0) is 12.8 Å². The minimum atomic E-state index is 0.956. The third-order valence-corrected chi connectivity index (χ3v) is 4.44. The van der Waals surface area contributed by atoms with E-state index in [0.717, 1.165) is 11.8 Å². The van der Waals surface area contributed by atoms with Crippen molar-refractivity contribution in [3.63, 3.8) is 0 Å². The summed E-state index contributed by atoms with van der Waals surface area (Å²) in [5.41, 5.74) is 3.23. The molecule has 1 fully saturated rings. The summed E-state index contributed by atoms with van der Waals surface area (Å²) in [5.74, 6) is 1.94. The maximum absolute atomic E-state index is 3.47. The summed E-state index contributed by atoms with van der Waals surface area (Å²) in [6.45, 7) is 2.48. The second kappa shape index (κ2) is 4.58. The molecule has 1 unspecified atom stereocenters. The first-order chi connectivity index (χ1) is 7.93. The van der Waals surface area contributed by atoms with Gasteiger partial charge in [0.15, 0.2) is 0 Å². The molecule has 3 rings (SSSR count). The van der Waals surface area contributed by atoms with Crippen LogP contribution in [0.3, 0.4) is 0 Å². The Morgan fingerprint density at radius 3 is 2.44 bits per heavy atom. The molecule has 1 aromatic carbocycles. The SMILES string of the molecule is c1ccc2c(c1)CCC(C1CCNCC1)C2. The number of rotatable bonds is 1. The van der Waals surface area contributed by atoms with Gasteiger partial charge in [-0.2, -0.15) is 0 Å². The Kier molecular flexibility index (Phi) is 2.96. The van der Waals surface area contributed by atoms with Crippen LogP contribution in [0, 0.1) is 11.8 Å². The predicted octanol–water partition coefficient (Wildman–Crippen LogP) is 2.79. The minimum Gasteiger partial charge on any atom is -0.317 e. The maximum Gasteiger partial charge on any atom is -0.00462 e. The van der Waals surface area contributed by atoms with E-state index in [1.54, 1.807) is 11.1 Å².